The van der Waals surface area contributed by atoms with Gasteiger partial charge in [-0.2, -0.15) is 0 Å². The zero-order valence-corrected chi connectivity index (χ0v) is 19.1. The third-order valence-electron chi connectivity index (χ3n) is 5.45. The summed E-state index contributed by atoms with van der Waals surface area (Å²) in [5.41, 5.74) is 2.44. The van der Waals surface area contributed by atoms with E-state index in [4.69, 9.17) is 9.47 Å². The van der Waals surface area contributed by atoms with E-state index in [0.717, 1.165) is 13.1 Å². The highest BCUT2D eigenvalue weighted by atomic mass is 32.2. The Hall–Kier alpha value is -1.99. The summed E-state index contributed by atoms with van der Waals surface area (Å²) in [6.07, 6.45) is -0.553. The van der Waals surface area contributed by atoms with Gasteiger partial charge >= 0.3 is 0 Å². The molecule has 7 heteroatoms. The van der Waals surface area contributed by atoms with Crippen molar-refractivity contribution in [3.05, 3.63) is 54.1 Å². The van der Waals surface area contributed by atoms with Gasteiger partial charge in [0.25, 0.3) is 5.91 Å². The lowest BCUT2D eigenvalue weighted by Crippen LogP contribution is -2.52. The fourth-order valence-electron chi connectivity index (χ4n) is 3.80. The molecule has 0 radical (unpaired) electrons. The topological polar surface area (TPSA) is 42.0 Å². The number of carbonyl (C=O) groups excluding carboxylic acids is 1. The molecular weight excluding hydrogens is 416 g/mol. The van der Waals surface area contributed by atoms with Crippen molar-refractivity contribution >= 4 is 35.1 Å². The van der Waals surface area contributed by atoms with E-state index in [2.05, 4.69) is 23.1 Å². The number of ether oxygens (including phenoxy) is 2. The van der Waals surface area contributed by atoms with E-state index in [9.17, 15) is 4.79 Å². The number of carbonyl (C=O) groups is 1. The molecule has 1 unspecified atom stereocenters. The highest BCUT2D eigenvalue weighted by Crippen LogP contribution is 2.47. The fraction of sp³-hybridized carbons (Fsp3) is 0.435. The van der Waals surface area contributed by atoms with Crippen molar-refractivity contribution in [3.8, 4) is 11.5 Å². The third-order valence-corrected chi connectivity index (χ3v) is 8.55. The maximum Gasteiger partial charge on any atom is 0.263 e. The highest BCUT2D eigenvalue weighted by molar-refractivity contribution is 8.19. The first-order valence-electron chi connectivity index (χ1n) is 10.3. The largest absolute Gasteiger partial charge is 0.493 e. The van der Waals surface area contributed by atoms with Gasteiger partial charge in [0.1, 0.15) is 0 Å². The summed E-state index contributed by atoms with van der Waals surface area (Å²) in [5.74, 6) is 3.70. The van der Waals surface area contributed by atoms with Gasteiger partial charge in [0.15, 0.2) is 17.6 Å². The zero-order valence-electron chi connectivity index (χ0n) is 17.5. The van der Waals surface area contributed by atoms with Crippen molar-refractivity contribution in [3.63, 3.8) is 0 Å². The molecule has 2 aromatic carbocycles. The van der Waals surface area contributed by atoms with Gasteiger partial charge in [0, 0.05) is 43.4 Å². The van der Waals surface area contributed by atoms with Crippen molar-refractivity contribution in [2.75, 3.05) is 49.7 Å². The lowest BCUT2D eigenvalue weighted by molar-refractivity contribution is -0.138. The van der Waals surface area contributed by atoms with Crippen LogP contribution in [0, 0.1) is 0 Å². The van der Waals surface area contributed by atoms with Crippen LogP contribution in [0.5, 0.6) is 11.5 Å². The zero-order chi connectivity index (χ0) is 20.9. The summed E-state index contributed by atoms with van der Waals surface area (Å²) < 4.78 is 12.0. The average molecular weight is 445 g/mol. The first-order chi connectivity index (χ1) is 14.7. The highest BCUT2D eigenvalue weighted by Gasteiger charge is 2.27. The first-order valence-corrected chi connectivity index (χ1v) is 12.4. The van der Waals surface area contributed by atoms with Gasteiger partial charge in [-0.25, -0.2) is 0 Å². The van der Waals surface area contributed by atoms with Crippen LogP contribution in [-0.2, 0) is 4.79 Å². The van der Waals surface area contributed by atoms with Crippen molar-refractivity contribution in [2.24, 2.45) is 0 Å². The van der Waals surface area contributed by atoms with Crippen LogP contribution in [0.15, 0.2) is 48.5 Å². The summed E-state index contributed by atoms with van der Waals surface area (Å²) in [4.78, 5) is 17.2. The molecule has 0 aromatic heterocycles. The molecule has 4 rings (SSSR count). The Morgan fingerprint density at radius 3 is 2.37 bits per heavy atom. The molecule has 1 amide bonds. The Labute approximate surface area is 187 Å². The van der Waals surface area contributed by atoms with Crippen LogP contribution in [0.3, 0.4) is 0 Å². The molecule has 2 aliphatic heterocycles. The van der Waals surface area contributed by atoms with E-state index in [1.54, 1.807) is 7.11 Å². The molecule has 0 aliphatic carbocycles. The molecule has 1 atom stereocenters. The smallest absolute Gasteiger partial charge is 0.263 e. The molecule has 0 saturated carbocycles. The van der Waals surface area contributed by atoms with Crippen LogP contribution in [-0.4, -0.2) is 61.7 Å². The van der Waals surface area contributed by atoms with Crippen molar-refractivity contribution in [1.82, 2.24) is 4.90 Å². The minimum Gasteiger partial charge on any atom is -0.493 e. The van der Waals surface area contributed by atoms with Gasteiger partial charge in [-0.15, -0.1) is 23.5 Å². The number of nitrogens with zero attached hydrogens (tertiary/aromatic N) is 2. The SMILES string of the molecule is COc1cc(C2SCCS2)ccc1OC(C)C(=O)N1CCN(c2ccccc2)CC1. The number of benzene rings is 2. The second-order valence-electron chi connectivity index (χ2n) is 7.39. The summed E-state index contributed by atoms with van der Waals surface area (Å²) >= 11 is 3.92. The second kappa shape index (κ2) is 9.88. The summed E-state index contributed by atoms with van der Waals surface area (Å²) in [5, 5.41) is 0. The Morgan fingerprint density at radius 2 is 1.70 bits per heavy atom. The Balaban J connectivity index is 1.35. The molecule has 160 valence electrons. The Kier molecular flexibility index (Phi) is 7.00. The standard InChI is InChI=1S/C23H28N2O3S2/c1-17(22(26)25-12-10-24(11-13-25)19-6-4-3-5-7-19)28-20-9-8-18(16-21(20)27-2)23-29-14-15-30-23/h3-9,16-17,23H,10-15H2,1-2H3. The number of piperazine rings is 1. The first kappa shape index (κ1) is 21.2. The molecule has 5 nitrogen and oxygen atoms in total. The normalized spacial score (nSPS) is 18.3. The van der Waals surface area contributed by atoms with Crippen LogP contribution in [0.1, 0.15) is 17.1 Å². The van der Waals surface area contributed by atoms with Gasteiger partial charge in [-0.3, -0.25) is 4.79 Å². The number of amides is 1. The Morgan fingerprint density at radius 1 is 1.00 bits per heavy atom. The van der Waals surface area contributed by atoms with Gasteiger partial charge in [-0.05, 0) is 36.8 Å². The average Bonchev–Trinajstić information content (AvgIpc) is 3.34. The Bertz CT molecular complexity index is 851. The number of hydrogen-bond donors (Lipinski definition) is 0. The van der Waals surface area contributed by atoms with E-state index >= 15 is 0 Å². The van der Waals surface area contributed by atoms with E-state index < -0.39 is 6.10 Å². The molecule has 2 fully saturated rings. The number of rotatable bonds is 6. The van der Waals surface area contributed by atoms with Crippen LogP contribution in [0.2, 0.25) is 0 Å². The molecule has 2 heterocycles. The molecule has 0 bridgehead atoms. The predicted octanol–water partition coefficient (Wildman–Crippen LogP) is 4.29. The van der Waals surface area contributed by atoms with E-state index in [0.29, 0.717) is 29.2 Å². The maximum absolute atomic E-state index is 13.0. The number of para-hydroxylation sites is 1. The van der Waals surface area contributed by atoms with Gasteiger partial charge in [0.05, 0.1) is 11.7 Å². The van der Waals surface area contributed by atoms with Crippen LogP contribution in [0.25, 0.3) is 0 Å². The maximum atomic E-state index is 13.0. The molecule has 2 saturated heterocycles. The lowest BCUT2D eigenvalue weighted by Gasteiger charge is -2.37. The second-order valence-corrected chi connectivity index (χ2v) is 10.1. The van der Waals surface area contributed by atoms with Crippen molar-refractivity contribution in [2.45, 2.75) is 17.6 Å². The number of methoxy groups -OCH3 is 1. The minimum absolute atomic E-state index is 0.0238. The molecule has 2 aliphatic rings. The monoisotopic (exact) mass is 444 g/mol. The van der Waals surface area contributed by atoms with Crippen LogP contribution in [0.4, 0.5) is 5.69 Å². The van der Waals surface area contributed by atoms with E-state index in [1.807, 2.05) is 65.7 Å². The van der Waals surface area contributed by atoms with Crippen LogP contribution >= 0.6 is 23.5 Å². The van der Waals surface area contributed by atoms with Crippen LogP contribution < -0.4 is 14.4 Å². The molecule has 0 spiro atoms. The van der Waals surface area contributed by atoms with E-state index in [1.165, 1.54) is 22.8 Å². The van der Waals surface area contributed by atoms with E-state index in [-0.39, 0.29) is 5.91 Å². The van der Waals surface area contributed by atoms with Crippen molar-refractivity contribution in [1.29, 1.82) is 0 Å². The van der Waals surface area contributed by atoms with Crippen molar-refractivity contribution < 1.29 is 14.3 Å². The van der Waals surface area contributed by atoms with Gasteiger partial charge in [-0.1, -0.05) is 24.3 Å². The number of thioether (sulfide) groups is 2. The fourth-order valence-corrected chi connectivity index (χ4v) is 6.64. The molecule has 0 N–H and O–H groups in total. The number of anilines is 1. The van der Waals surface area contributed by atoms with Gasteiger partial charge in [0.2, 0.25) is 0 Å². The summed E-state index contributed by atoms with van der Waals surface area (Å²) in [6.45, 7) is 4.89. The molecule has 30 heavy (non-hydrogen) atoms. The molecular formula is C23H28N2O3S2. The quantitative estimate of drug-likeness (QED) is 0.662. The third kappa shape index (κ3) is 4.83. The predicted molar refractivity (Wildman–Crippen MR) is 126 cm³/mol. The minimum atomic E-state index is -0.553. The van der Waals surface area contributed by atoms with Gasteiger partial charge < -0.3 is 19.3 Å². The summed E-state index contributed by atoms with van der Waals surface area (Å²) in [6, 6.07) is 16.4. The summed E-state index contributed by atoms with van der Waals surface area (Å²) in [7, 11) is 1.65. The lowest BCUT2D eigenvalue weighted by atomic mass is 10.2. The molecule has 2 aromatic rings. The number of hydrogen-bond acceptors (Lipinski definition) is 6.